The highest BCUT2D eigenvalue weighted by Crippen LogP contribution is 2.34. The second-order valence-corrected chi connectivity index (χ2v) is 5.93. The van der Waals surface area contributed by atoms with E-state index in [1.54, 1.807) is 16.7 Å². The lowest BCUT2D eigenvalue weighted by atomic mass is 10.1. The number of rotatable bonds is 4. The first-order chi connectivity index (χ1) is 12.6. The number of carbonyl (C=O) groups excluding carboxylic acids is 1. The van der Waals surface area contributed by atoms with Gasteiger partial charge in [-0.15, -0.1) is 0 Å². The van der Waals surface area contributed by atoms with Crippen LogP contribution in [0.5, 0.6) is 11.5 Å². The zero-order chi connectivity index (χ0) is 18.1. The van der Waals surface area contributed by atoms with Crippen molar-refractivity contribution in [3.05, 3.63) is 72.1 Å². The molecule has 132 valence electrons. The van der Waals surface area contributed by atoms with E-state index in [9.17, 15) is 9.18 Å². The maximum absolute atomic E-state index is 13.1. The van der Waals surface area contributed by atoms with Gasteiger partial charge in [-0.3, -0.25) is 9.36 Å². The normalized spacial score (nSPS) is 13.5. The van der Waals surface area contributed by atoms with Crippen molar-refractivity contribution < 1.29 is 18.7 Å². The number of imidazole rings is 1. The molecule has 1 unspecified atom stereocenters. The summed E-state index contributed by atoms with van der Waals surface area (Å²) in [6.07, 6.45) is 3.00. The van der Waals surface area contributed by atoms with Crippen molar-refractivity contribution in [2.24, 2.45) is 0 Å². The maximum atomic E-state index is 13.1. The highest BCUT2D eigenvalue weighted by molar-refractivity contribution is 5.93. The number of hydrogen-bond acceptors (Lipinski definition) is 4. The SMILES string of the molecule is CC(NC(=O)c1cncn1-c1ccc(F)cc1)c1ccc2c(c1)OCO2. The number of fused-ring (bicyclic) bond motifs is 1. The molecule has 3 aromatic rings. The van der Waals surface area contributed by atoms with E-state index in [0.717, 1.165) is 5.56 Å². The van der Waals surface area contributed by atoms with Crippen LogP contribution >= 0.6 is 0 Å². The molecule has 2 aromatic carbocycles. The van der Waals surface area contributed by atoms with Crippen LogP contribution in [0.3, 0.4) is 0 Å². The van der Waals surface area contributed by atoms with Crippen LogP contribution in [-0.2, 0) is 0 Å². The molecular formula is C19H16FN3O3. The Hall–Kier alpha value is -3.35. The van der Waals surface area contributed by atoms with Gasteiger partial charge >= 0.3 is 0 Å². The molecule has 0 fully saturated rings. The molecule has 0 bridgehead atoms. The molecule has 4 rings (SSSR count). The molecule has 1 amide bonds. The Labute approximate surface area is 149 Å². The van der Waals surface area contributed by atoms with Gasteiger partial charge < -0.3 is 14.8 Å². The summed E-state index contributed by atoms with van der Waals surface area (Å²) >= 11 is 0. The van der Waals surface area contributed by atoms with Crippen molar-refractivity contribution in [2.75, 3.05) is 6.79 Å². The van der Waals surface area contributed by atoms with Gasteiger partial charge in [0.25, 0.3) is 5.91 Å². The van der Waals surface area contributed by atoms with Crippen molar-refractivity contribution in [3.63, 3.8) is 0 Å². The minimum Gasteiger partial charge on any atom is -0.454 e. The van der Waals surface area contributed by atoms with E-state index in [1.807, 2.05) is 25.1 Å². The van der Waals surface area contributed by atoms with E-state index in [2.05, 4.69) is 10.3 Å². The molecular weight excluding hydrogens is 337 g/mol. The van der Waals surface area contributed by atoms with Gasteiger partial charge in [0, 0.05) is 5.69 Å². The Morgan fingerprint density at radius 2 is 1.96 bits per heavy atom. The Bertz CT molecular complexity index is 953. The standard InChI is InChI=1S/C19H16FN3O3/c1-12(13-2-7-17-18(8-13)26-11-25-17)22-19(24)16-9-21-10-23(16)15-5-3-14(20)4-6-15/h2-10,12H,11H2,1H3,(H,22,24). The molecule has 0 radical (unpaired) electrons. The Morgan fingerprint density at radius 1 is 1.19 bits per heavy atom. The summed E-state index contributed by atoms with van der Waals surface area (Å²) < 4.78 is 25.4. The largest absolute Gasteiger partial charge is 0.454 e. The summed E-state index contributed by atoms with van der Waals surface area (Å²) in [7, 11) is 0. The zero-order valence-electron chi connectivity index (χ0n) is 14.0. The van der Waals surface area contributed by atoms with Crippen molar-refractivity contribution in [1.82, 2.24) is 14.9 Å². The fraction of sp³-hybridized carbons (Fsp3) is 0.158. The monoisotopic (exact) mass is 353 g/mol. The van der Waals surface area contributed by atoms with Crippen molar-refractivity contribution >= 4 is 5.91 Å². The number of nitrogens with one attached hydrogen (secondary N) is 1. The second kappa shape index (κ2) is 6.51. The van der Waals surface area contributed by atoms with E-state index in [-0.39, 0.29) is 24.6 Å². The van der Waals surface area contributed by atoms with Gasteiger partial charge in [-0.1, -0.05) is 6.07 Å². The first-order valence-corrected chi connectivity index (χ1v) is 8.10. The summed E-state index contributed by atoms with van der Waals surface area (Å²) in [4.78, 5) is 16.7. The van der Waals surface area contributed by atoms with E-state index in [1.165, 1.54) is 24.7 Å². The van der Waals surface area contributed by atoms with E-state index >= 15 is 0 Å². The maximum Gasteiger partial charge on any atom is 0.270 e. The molecule has 1 N–H and O–H groups in total. The summed E-state index contributed by atoms with van der Waals surface area (Å²) in [6.45, 7) is 2.09. The number of hydrogen-bond donors (Lipinski definition) is 1. The number of benzene rings is 2. The predicted molar refractivity (Wildman–Crippen MR) is 92.0 cm³/mol. The van der Waals surface area contributed by atoms with E-state index in [0.29, 0.717) is 22.9 Å². The lowest BCUT2D eigenvalue weighted by molar-refractivity contribution is 0.0933. The zero-order valence-corrected chi connectivity index (χ0v) is 14.0. The van der Waals surface area contributed by atoms with Crippen LogP contribution in [0, 0.1) is 5.82 Å². The van der Waals surface area contributed by atoms with Gasteiger partial charge in [0.2, 0.25) is 6.79 Å². The second-order valence-electron chi connectivity index (χ2n) is 5.93. The Morgan fingerprint density at radius 3 is 2.77 bits per heavy atom. The number of nitrogens with zero attached hydrogens (tertiary/aromatic N) is 2. The Balaban J connectivity index is 1.54. The van der Waals surface area contributed by atoms with Gasteiger partial charge in [0.05, 0.1) is 18.6 Å². The van der Waals surface area contributed by atoms with Crippen LogP contribution in [0.1, 0.15) is 29.0 Å². The molecule has 1 aliphatic rings. The molecule has 0 aliphatic carbocycles. The molecule has 26 heavy (non-hydrogen) atoms. The van der Waals surface area contributed by atoms with Crippen molar-refractivity contribution in [1.29, 1.82) is 0 Å². The molecule has 1 aromatic heterocycles. The summed E-state index contributed by atoms with van der Waals surface area (Å²) in [5.74, 6) is 0.745. The van der Waals surface area contributed by atoms with Crippen molar-refractivity contribution in [2.45, 2.75) is 13.0 Å². The van der Waals surface area contributed by atoms with E-state index < -0.39 is 0 Å². The van der Waals surface area contributed by atoms with Crippen LogP contribution in [-0.4, -0.2) is 22.3 Å². The lowest BCUT2D eigenvalue weighted by Crippen LogP contribution is -2.28. The number of halogens is 1. The van der Waals surface area contributed by atoms with E-state index in [4.69, 9.17) is 9.47 Å². The van der Waals surface area contributed by atoms with Crippen LogP contribution in [0.15, 0.2) is 55.0 Å². The van der Waals surface area contributed by atoms with Crippen LogP contribution < -0.4 is 14.8 Å². The van der Waals surface area contributed by atoms with Crippen LogP contribution in [0.2, 0.25) is 0 Å². The first-order valence-electron chi connectivity index (χ1n) is 8.10. The first kappa shape index (κ1) is 16.1. The van der Waals surface area contributed by atoms with Gasteiger partial charge in [0.15, 0.2) is 11.5 Å². The summed E-state index contributed by atoms with van der Waals surface area (Å²) in [5.41, 5.74) is 1.92. The number of ether oxygens (including phenoxy) is 2. The quantitative estimate of drug-likeness (QED) is 0.782. The van der Waals surface area contributed by atoms with Gasteiger partial charge in [-0.25, -0.2) is 9.37 Å². The summed E-state index contributed by atoms with van der Waals surface area (Å²) in [5, 5.41) is 2.94. The van der Waals surface area contributed by atoms with Crippen molar-refractivity contribution in [3.8, 4) is 17.2 Å². The van der Waals surface area contributed by atoms with Crippen LogP contribution in [0.25, 0.3) is 5.69 Å². The third-order valence-corrected chi connectivity index (χ3v) is 4.22. The smallest absolute Gasteiger partial charge is 0.270 e. The fourth-order valence-electron chi connectivity index (χ4n) is 2.81. The molecule has 6 nitrogen and oxygen atoms in total. The molecule has 0 saturated carbocycles. The number of carbonyl (C=O) groups is 1. The Kier molecular flexibility index (Phi) is 4.04. The van der Waals surface area contributed by atoms with Crippen LogP contribution in [0.4, 0.5) is 4.39 Å². The molecule has 0 spiro atoms. The third-order valence-electron chi connectivity index (χ3n) is 4.22. The molecule has 2 heterocycles. The number of aromatic nitrogens is 2. The number of amides is 1. The van der Waals surface area contributed by atoms with Gasteiger partial charge in [-0.05, 0) is 48.9 Å². The lowest BCUT2D eigenvalue weighted by Gasteiger charge is -2.15. The molecule has 1 atom stereocenters. The fourth-order valence-corrected chi connectivity index (χ4v) is 2.81. The van der Waals surface area contributed by atoms with Gasteiger partial charge in [0.1, 0.15) is 11.5 Å². The molecule has 7 heteroatoms. The highest BCUT2D eigenvalue weighted by atomic mass is 19.1. The average molecular weight is 353 g/mol. The molecule has 0 saturated heterocycles. The highest BCUT2D eigenvalue weighted by Gasteiger charge is 2.19. The minimum atomic E-state index is -0.337. The summed E-state index contributed by atoms with van der Waals surface area (Å²) in [6, 6.07) is 11.2. The minimum absolute atomic E-state index is 0.205. The topological polar surface area (TPSA) is 65.4 Å². The average Bonchev–Trinajstić information content (AvgIpc) is 3.31. The third kappa shape index (κ3) is 2.99. The molecule has 1 aliphatic heterocycles. The van der Waals surface area contributed by atoms with Gasteiger partial charge in [-0.2, -0.15) is 0 Å². The predicted octanol–water partition coefficient (Wildman–Crippen LogP) is 3.23.